The zero-order valence-corrected chi connectivity index (χ0v) is 18.0. The summed E-state index contributed by atoms with van der Waals surface area (Å²) < 4.78 is 29.9. The van der Waals surface area contributed by atoms with Crippen molar-refractivity contribution in [2.45, 2.75) is 50.3 Å². The molecular formula is C23H27NO5S. The predicted molar refractivity (Wildman–Crippen MR) is 114 cm³/mol. The number of aryl methyl sites for hydroxylation is 1. The fourth-order valence-electron chi connectivity index (χ4n) is 3.48. The topological polar surface area (TPSA) is 80.8 Å². The Kier molecular flexibility index (Phi) is 7.39. The largest absolute Gasteiger partial charge is 0.296 e. The second-order valence-corrected chi connectivity index (χ2v) is 9.01. The molecule has 2 aromatic rings. The first-order chi connectivity index (χ1) is 14.4. The maximum atomic E-state index is 12.4. The van der Waals surface area contributed by atoms with E-state index in [9.17, 15) is 18.0 Å². The number of hydrogen-bond donors (Lipinski definition) is 0. The quantitative estimate of drug-likeness (QED) is 0.304. The van der Waals surface area contributed by atoms with Crippen LogP contribution < -0.4 is 0 Å². The number of unbranched alkanes of at least 4 members (excludes halogenated alkanes) is 3. The molecule has 0 saturated carbocycles. The Balaban J connectivity index is 1.48. The molecule has 0 unspecified atom stereocenters. The van der Waals surface area contributed by atoms with E-state index < -0.39 is 10.1 Å². The molecule has 0 radical (unpaired) electrons. The van der Waals surface area contributed by atoms with E-state index >= 15 is 0 Å². The Labute approximate surface area is 178 Å². The first-order valence-corrected chi connectivity index (χ1v) is 11.8. The van der Waals surface area contributed by atoms with Gasteiger partial charge in [-0.15, -0.1) is 0 Å². The summed E-state index contributed by atoms with van der Waals surface area (Å²) in [5.41, 5.74) is 1.87. The number of benzene rings is 2. The summed E-state index contributed by atoms with van der Waals surface area (Å²) in [4.78, 5) is 25.9. The first kappa shape index (κ1) is 22.2. The molecule has 0 N–H and O–H groups in total. The first-order valence-electron chi connectivity index (χ1n) is 10.4. The lowest BCUT2D eigenvalue weighted by Gasteiger charge is -2.13. The van der Waals surface area contributed by atoms with Crippen LogP contribution in [0.3, 0.4) is 0 Å². The molecule has 0 aromatic heterocycles. The molecule has 2 aromatic carbocycles. The minimum absolute atomic E-state index is 0.103. The Hall–Kier alpha value is -2.51. The van der Waals surface area contributed by atoms with Crippen LogP contribution in [0.4, 0.5) is 0 Å². The fraction of sp³-hybridized carbons (Fsp3) is 0.391. The molecule has 2 amide bonds. The second kappa shape index (κ2) is 10.00. The van der Waals surface area contributed by atoms with Crippen LogP contribution >= 0.6 is 0 Å². The summed E-state index contributed by atoms with van der Waals surface area (Å²) in [6.45, 7) is 2.17. The maximum absolute atomic E-state index is 12.4. The molecule has 0 saturated heterocycles. The van der Waals surface area contributed by atoms with E-state index in [1.807, 2.05) is 12.1 Å². The number of hydrogen-bond acceptors (Lipinski definition) is 5. The van der Waals surface area contributed by atoms with Gasteiger partial charge in [-0.2, -0.15) is 8.42 Å². The average Bonchev–Trinajstić information content (AvgIpc) is 2.99. The molecule has 1 heterocycles. The zero-order valence-electron chi connectivity index (χ0n) is 17.2. The van der Waals surface area contributed by atoms with Gasteiger partial charge in [-0.1, -0.05) is 50.5 Å². The summed E-state index contributed by atoms with van der Waals surface area (Å²) in [6, 6.07) is 13.4. The van der Waals surface area contributed by atoms with E-state index in [1.54, 1.807) is 36.4 Å². The Morgan fingerprint density at radius 2 is 1.47 bits per heavy atom. The van der Waals surface area contributed by atoms with E-state index in [1.165, 1.54) is 19.3 Å². The molecule has 6 nitrogen and oxygen atoms in total. The summed E-state index contributed by atoms with van der Waals surface area (Å²) in [6.07, 6.45) is 5.82. The van der Waals surface area contributed by atoms with Gasteiger partial charge in [-0.05, 0) is 49.1 Å². The lowest BCUT2D eigenvalue weighted by Crippen LogP contribution is -2.31. The Bertz CT molecular complexity index is 964. The fourth-order valence-corrected chi connectivity index (χ4v) is 4.42. The number of rotatable bonds is 11. The highest BCUT2D eigenvalue weighted by molar-refractivity contribution is 7.86. The molecule has 1 aliphatic rings. The molecule has 3 rings (SSSR count). The van der Waals surface area contributed by atoms with Crippen molar-refractivity contribution in [1.82, 2.24) is 4.90 Å². The van der Waals surface area contributed by atoms with Crippen molar-refractivity contribution in [3.05, 3.63) is 65.2 Å². The van der Waals surface area contributed by atoms with Gasteiger partial charge in [0.25, 0.3) is 21.9 Å². The lowest BCUT2D eigenvalue weighted by molar-refractivity contribution is 0.0647. The van der Waals surface area contributed by atoms with Crippen molar-refractivity contribution in [2.75, 3.05) is 13.2 Å². The van der Waals surface area contributed by atoms with Crippen LogP contribution in [-0.4, -0.2) is 38.3 Å². The Morgan fingerprint density at radius 1 is 0.833 bits per heavy atom. The van der Waals surface area contributed by atoms with Gasteiger partial charge in [-0.3, -0.25) is 18.7 Å². The lowest BCUT2D eigenvalue weighted by atomic mass is 10.1. The van der Waals surface area contributed by atoms with Crippen LogP contribution in [0.15, 0.2) is 53.4 Å². The van der Waals surface area contributed by atoms with Gasteiger partial charge in [-0.25, -0.2) is 0 Å². The van der Waals surface area contributed by atoms with Crippen LogP contribution in [0.5, 0.6) is 0 Å². The van der Waals surface area contributed by atoms with Crippen molar-refractivity contribution in [3.63, 3.8) is 0 Å². The SMILES string of the molecule is CCCCCCc1ccc(S(=O)(=O)OCCCN2C(=O)c3ccccc3C2=O)cc1. The van der Waals surface area contributed by atoms with Gasteiger partial charge in [0.1, 0.15) is 0 Å². The van der Waals surface area contributed by atoms with E-state index in [0.717, 1.165) is 23.3 Å². The smallest absolute Gasteiger partial charge is 0.274 e. The van der Waals surface area contributed by atoms with E-state index in [-0.39, 0.29) is 36.3 Å². The number of carbonyl (C=O) groups excluding carboxylic acids is 2. The monoisotopic (exact) mass is 429 g/mol. The molecule has 1 aliphatic heterocycles. The van der Waals surface area contributed by atoms with Gasteiger partial charge in [0.15, 0.2) is 0 Å². The molecule has 0 atom stereocenters. The molecule has 160 valence electrons. The number of imide groups is 1. The average molecular weight is 430 g/mol. The van der Waals surface area contributed by atoms with Crippen molar-refractivity contribution >= 4 is 21.9 Å². The summed E-state index contributed by atoms with van der Waals surface area (Å²) in [7, 11) is -3.87. The van der Waals surface area contributed by atoms with Gasteiger partial charge < -0.3 is 0 Å². The van der Waals surface area contributed by atoms with Crippen LogP contribution in [0.1, 0.15) is 65.3 Å². The molecule has 0 aliphatic carbocycles. The highest BCUT2D eigenvalue weighted by Crippen LogP contribution is 2.22. The van der Waals surface area contributed by atoms with Crippen LogP contribution in [0.25, 0.3) is 0 Å². The number of amides is 2. The van der Waals surface area contributed by atoms with Gasteiger partial charge in [0.2, 0.25) is 0 Å². The zero-order chi connectivity index (χ0) is 21.6. The molecule has 0 spiro atoms. The highest BCUT2D eigenvalue weighted by Gasteiger charge is 2.34. The van der Waals surface area contributed by atoms with Crippen LogP contribution in [-0.2, 0) is 20.7 Å². The minimum Gasteiger partial charge on any atom is -0.274 e. The standard InChI is InChI=1S/C23H27NO5S/c1-2-3-4-5-9-18-12-14-19(15-13-18)30(27,28)29-17-8-16-24-22(25)20-10-6-7-11-21(20)23(24)26/h6-7,10-15H,2-5,8-9,16-17H2,1H3. The predicted octanol–water partition coefficient (Wildman–Crippen LogP) is 4.20. The minimum atomic E-state index is -3.87. The van der Waals surface area contributed by atoms with E-state index in [4.69, 9.17) is 4.18 Å². The number of nitrogens with zero attached hydrogens (tertiary/aromatic N) is 1. The van der Waals surface area contributed by atoms with Crippen LogP contribution in [0, 0.1) is 0 Å². The van der Waals surface area contributed by atoms with Crippen molar-refractivity contribution in [1.29, 1.82) is 0 Å². The van der Waals surface area contributed by atoms with Crippen LogP contribution in [0.2, 0.25) is 0 Å². The van der Waals surface area contributed by atoms with Crippen molar-refractivity contribution < 1.29 is 22.2 Å². The highest BCUT2D eigenvalue weighted by atomic mass is 32.2. The third kappa shape index (κ3) is 5.15. The maximum Gasteiger partial charge on any atom is 0.296 e. The van der Waals surface area contributed by atoms with Gasteiger partial charge in [0, 0.05) is 6.54 Å². The Morgan fingerprint density at radius 3 is 2.07 bits per heavy atom. The number of fused-ring (bicyclic) bond motifs is 1. The molecule has 7 heteroatoms. The van der Waals surface area contributed by atoms with E-state index in [0.29, 0.717) is 11.1 Å². The second-order valence-electron chi connectivity index (χ2n) is 7.39. The molecule has 0 fully saturated rings. The molecule has 30 heavy (non-hydrogen) atoms. The van der Waals surface area contributed by atoms with Gasteiger partial charge >= 0.3 is 0 Å². The third-order valence-electron chi connectivity index (χ3n) is 5.17. The van der Waals surface area contributed by atoms with Crippen molar-refractivity contribution in [2.24, 2.45) is 0 Å². The molecular weight excluding hydrogens is 402 g/mol. The van der Waals surface area contributed by atoms with Crippen molar-refractivity contribution in [3.8, 4) is 0 Å². The van der Waals surface area contributed by atoms with Gasteiger partial charge in [0.05, 0.1) is 22.6 Å². The number of carbonyl (C=O) groups is 2. The molecule has 0 bridgehead atoms. The summed E-state index contributed by atoms with van der Waals surface area (Å²) in [5.74, 6) is -0.707. The normalized spacial score (nSPS) is 13.7. The summed E-state index contributed by atoms with van der Waals surface area (Å²) in [5, 5.41) is 0. The summed E-state index contributed by atoms with van der Waals surface area (Å²) >= 11 is 0. The van der Waals surface area contributed by atoms with E-state index in [2.05, 4.69) is 6.92 Å². The third-order valence-corrected chi connectivity index (χ3v) is 6.50.